The zero-order valence-electron chi connectivity index (χ0n) is 39.3. The number of rotatable bonds is 25. The molecule has 1 aromatic heterocycles. The Morgan fingerprint density at radius 1 is 0.514 bits per heavy atom. The highest BCUT2D eigenvalue weighted by Crippen LogP contribution is 2.20. The number of H-pyrrole nitrogens is 1. The van der Waals surface area contributed by atoms with E-state index in [4.69, 9.17) is 5.73 Å². The summed E-state index contributed by atoms with van der Waals surface area (Å²) >= 11 is 0. The molecule has 1 heterocycles. The van der Waals surface area contributed by atoms with Gasteiger partial charge in [0.25, 0.3) is 0 Å². The first-order valence-electron chi connectivity index (χ1n) is 22.8. The molecule has 72 heavy (non-hydrogen) atoms. The molecule has 0 spiro atoms. The molecule has 0 saturated carbocycles. The van der Waals surface area contributed by atoms with Crippen molar-refractivity contribution in [2.24, 2.45) is 5.73 Å². The third-order valence-corrected chi connectivity index (χ3v) is 11.4. The fraction of sp³-hybridized carbons (Fsp3) is 0.320. The lowest BCUT2D eigenvalue weighted by atomic mass is 10.0. The van der Waals surface area contributed by atoms with Gasteiger partial charge in [0.15, 0.2) is 0 Å². The molecule has 0 bridgehead atoms. The SMILES string of the molecule is C[C@@H](O)[C@H](NC(=O)[C@H](Cc1ccccc1)NC(=O)[C@@H](NC(=O)[C@H](Cc1ccc(O)cc1)NC(=O)CN)[C@@H](C)O)C(=O)NCC(=O)N[C@@H](Cc1ccc(O)cc1)C(=O)N[C@@H](Cc1c[nH]c2ccccc12)C(=O)O. The number of benzene rings is 4. The van der Waals surface area contributed by atoms with Gasteiger partial charge < -0.3 is 73.5 Å². The van der Waals surface area contributed by atoms with Crippen LogP contribution < -0.4 is 43.0 Å². The van der Waals surface area contributed by atoms with Crippen LogP contribution in [0.15, 0.2) is 109 Å². The molecule has 0 aliphatic carbocycles. The zero-order valence-corrected chi connectivity index (χ0v) is 39.3. The number of aromatic nitrogens is 1. The Hall–Kier alpha value is -8.34. The smallest absolute Gasteiger partial charge is 0.326 e. The van der Waals surface area contributed by atoms with Gasteiger partial charge in [-0.05, 0) is 66.4 Å². The van der Waals surface area contributed by atoms with Crippen LogP contribution in [0.2, 0.25) is 0 Å². The van der Waals surface area contributed by atoms with Gasteiger partial charge in [-0.25, -0.2) is 4.79 Å². The van der Waals surface area contributed by atoms with Gasteiger partial charge in [0.2, 0.25) is 41.4 Å². The predicted octanol–water partition coefficient (Wildman–Crippen LogP) is -1.32. The Morgan fingerprint density at radius 3 is 1.47 bits per heavy atom. The van der Waals surface area contributed by atoms with E-state index < -0.39 is 109 Å². The molecule has 4 aromatic carbocycles. The van der Waals surface area contributed by atoms with Crippen molar-refractivity contribution in [2.75, 3.05) is 13.1 Å². The van der Waals surface area contributed by atoms with Crippen LogP contribution >= 0.6 is 0 Å². The minimum Gasteiger partial charge on any atom is -0.508 e. The molecule has 8 atom stereocenters. The lowest BCUT2D eigenvalue weighted by Crippen LogP contribution is -2.62. The highest BCUT2D eigenvalue weighted by Gasteiger charge is 2.35. The number of aliphatic carboxylic acids is 1. The molecule has 22 heteroatoms. The summed E-state index contributed by atoms with van der Waals surface area (Å²) in [6, 6.07) is 17.9. The normalized spacial score (nSPS) is 14.4. The molecule has 0 unspecified atom stereocenters. The lowest BCUT2D eigenvalue weighted by molar-refractivity contribution is -0.142. The molecule has 0 aliphatic heterocycles. The monoisotopic (exact) mass is 993 g/mol. The van der Waals surface area contributed by atoms with Crippen LogP contribution in [-0.4, -0.2) is 139 Å². The van der Waals surface area contributed by atoms with Gasteiger partial charge in [0.1, 0.15) is 47.8 Å². The summed E-state index contributed by atoms with van der Waals surface area (Å²) in [5.41, 5.74) is 8.36. The average Bonchev–Trinajstić information content (AvgIpc) is 3.76. The van der Waals surface area contributed by atoms with Gasteiger partial charge in [0, 0.05) is 42.8 Å². The second kappa shape index (κ2) is 26.0. The van der Waals surface area contributed by atoms with Crippen molar-refractivity contribution in [3.63, 3.8) is 0 Å². The van der Waals surface area contributed by atoms with Crippen LogP contribution in [0.1, 0.15) is 36.1 Å². The van der Waals surface area contributed by atoms with E-state index in [9.17, 15) is 63.9 Å². The number of fused-ring (bicyclic) bond motifs is 1. The molecule has 0 radical (unpaired) electrons. The van der Waals surface area contributed by atoms with Crippen molar-refractivity contribution in [2.45, 2.75) is 88.0 Å². The first-order valence-corrected chi connectivity index (χ1v) is 22.8. The Bertz CT molecular complexity index is 2680. The van der Waals surface area contributed by atoms with Crippen LogP contribution in [0.3, 0.4) is 0 Å². The number of aromatic hydroxyl groups is 2. The number of carbonyl (C=O) groups excluding carboxylic acids is 7. The fourth-order valence-corrected chi connectivity index (χ4v) is 7.56. The van der Waals surface area contributed by atoms with Crippen molar-refractivity contribution in [3.8, 4) is 11.5 Å². The number of carboxylic acid groups (broad SMARTS) is 1. The van der Waals surface area contributed by atoms with Crippen molar-refractivity contribution in [3.05, 3.63) is 132 Å². The van der Waals surface area contributed by atoms with Gasteiger partial charge in [0.05, 0.1) is 25.3 Å². The number of carboxylic acids is 1. The fourth-order valence-electron chi connectivity index (χ4n) is 7.56. The van der Waals surface area contributed by atoms with Gasteiger partial charge >= 0.3 is 5.97 Å². The number of amides is 7. The summed E-state index contributed by atoms with van der Waals surface area (Å²) in [4.78, 5) is 110. The molecule has 382 valence electrons. The van der Waals surface area contributed by atoms with E-state index in [2.05, 4.69) is 42.2 Å². The molecular weight excluding hydrogens is 935 g/mol. The molecule has 22 nitrogen and oxygen atoms in total. The van der Waals surface area contributed by atoms with Gasteiger partial charge in [-0.3, -0.25) is 33.6 Å². The van der Waals surface area contributed by atoms with Crippen LogP contribution in [0, 0.1) is 0 Å². The number of carbonyl (C=O) groups is 8. The van der Waals surface area contributed by atoms with E-state index in [-0.39, 0.29) is 37.2 Å². The number of hydrogen-bond donors (Lipinski definition) is 14. The summed E-state index contributed by atoms with van der Waals surface area (Å²) in [5.74, 6) is -7.96. The molecule has 0 saturated heterocycles. The minimum atomic E-state index is -1.74. The predicted molar refractivity (Wildman–Crippen MR) is 260 cm³/mol. The van der Waals surface area contributed by atoms with Crippen LogP contribution in [0.5, 0.6) is 11.5 Å². The number of aromatic amines is 1. The standard InChI is InChI=1S/C50H59N9O13/c1-27(60)43(48(69)53-26-42(65)55-37(21-30-12-16-33(62)17-13-30)45(66)57-40(50(71)72)23-32-25-52-36-11-7-6-10-35(32)36)58-47(68)39(20-29-8-4-3-5-9-29)56-49(70)44(28(2)61)59-46(67)38(54-41(64)24-51)22-31-14-18-34(63)19-15-31/h3-19,25,27-28,37-40,43-44,52,60-63H,20-24,26,51H2,1-2H3,(H,53,69)(H,54,64)(H,55,65)(H,56,70)(H,57,66)(H,58,68)(H,59,67)(H,71,72)/t27-,28-,37+,38+,39+,40+,43+,44+/m1/s1. The van der Waals surface area contributed by atoms with Gasteiger partial charge in [-0.15, -0.1) is 0 Å². The molecule has 0 fully saturated rings. The van der Waals surface area contributed by atoms with E-state index in [0.29, 0.717) is 22.3 Å². The van der Waals surface area contributed by atoms with Crippen molar-refractivity contribution < 1.29 is 63.9 Å². The minimum absolute atomic E-state index is 0.0438. The molecule has 7 amide bonds. The maximum Gasteiger partial charge on any atom is 0.326 e. The summed E-state index contributed by atoms with van der Waals surface area (Å²) < 4.78 is 0. The molecule has 5 aromatic rings. The molecule has 0 aliphatic rings. The highest BCUT2D eigenvalue weighted by atomic mass is 16.4. The molecule has 15 N–H and O–H groups in total. The molecular formula is C50H59N9O13. The Morgan fingerprint density at radius 2 is 0.958 bits per heavy atom. The van der Waals surface area contributed by atoms with E-state index in [1.807, 2.05) is 6.07 Å². The Labute approximate surface area is 413 Å². The van der Waals surface area contributed by atoms with Gasteiger partial charge in [-0.2, -0.15) is 0 Å². The first-order chi connectivity index (χ1) is 34.3. The van der Waals surface area contributed by atoms with Crippen LogP contribution in [0.25, 0.3) is 10.9 Å². The zero-order chi connectivity index (χ0) is 52.5. The lowest BCUT2D eigenvalue weighted by Gasteiger charge is -2.28. The third kappa shape index (κ3) is 16.1. The second-order valence-electron chi connectivity index (χ2n) is 17.1. The number of phenols is 2. The van der Waals surface area contributed by atoms with E-state index in [1.165, 1.54) is 62.4 Å². The average molecular weight is 994 g/mol. The second-order valence-corrected chi connectivity index (χ2v) is 17.1. The maximum absolute atomic E-state index is 14.0. The van der Waals surface area contributed by atoms with E-state index in [1.54, 1.807) is 54.7 Å². The quantitative estimate of drug-likeness (QED) is 0.0323. The topological polar surface area (TPSA) is 364 Å². The molecule has 5 rings (SSSR count). The summed E-state index contributed by atoms with van der Waals surface area (Å²) in [5, 5.41) is 68.9. The van der Waals surface area contributed by atoms with E-state index in [0.717, 1.165) is 10.9 Å². The maximum atomic E-state index is 14.0. The van der Waals surface area contributed by atoms with Crippen LogP contribution in [0.4, 0.5) is 0 Å². The first kappa shape index (κ1) is 54.6. The number of nitrogens with one attached hydrogen (secondary N) is 8. The van der Waals surface area contributed by atoms with E-state index >= 15 is 0 Å². The summed E-state index contributed by atoms with van der Waals surface area (Å²) in [7, 11) is 0. The van der Waals surface area contributed by atoms with Crippen molar-refractivity contribution >= 4 is 58.2 Å². The summed E-state index contributed by atoms with van der Waals surface area (Å²) in [6.45, 7) is 1.12. The van der Waals surface area contributed by atoms with Crippen LogP contribution in [-0.2, 0) is 64.0 Å². The summed E-state index contributed by atoms with van der Waals surface area (Å²) in [6.07, 6.45) is -2.10. The number of hydrogen-bond acceptors (Lipinski definition) is 13. The largest absolute Gasteiger partial charge is 0.508 e. The third-order valence-electron chi connectivity index (χ3n) is 11.4. The Balaban J connectivity index is 1.27. The highest BCUT2D eigenvalue weighted by molar-refractivity contribution is 5.97. The van der Waals surface area contributed by atoms with Gasteiger partial charge in [-0.1, -0.05) is 72.8 Å². The van der Waals surface area contributed by atoms with Crippen molar-refractivity contribution in [1.29, 1.82) is 0 Å². The number of para-hydroxylation sites is 1. The Kier molecular flexibility index (Phi) is 19.7. The number of phenolic OH excluding ortho intramolecular Hbond substituents is 2. The van der Waals surface area contributed by atoms with Crippen molar-refractivity contribution in [1.82, 2.24) is 42.2 Å². The number of nitrogens with two attached hydrogens (primary N) is 1. The number of aliphatic hydroxyl groups excluding tert-OH is 2. The number of aliphatic hydroxyl groups is 2.